The standard InChI is InChI=1S/C21H15ClF4N4O3.C6H6O3S/c1-27-19(31)18-10-13(6-7-28-18)33-12-3-5-17(16(23)9-12)30-20(32)29-11-2-4-15(22)14(8-11)21(24,25)26;7-10(8,9)6-4-2-1-3-5-6/h2-10H,1H3,(H,27,31)(H2,29,30,32);1-5H,(H,7,8,9). The SMILES string of the molecule is CNC(=O)c1cc(Oc2ccc(NC(=O)Nc3ccc(Cl)c(C(F)(F)F)c3)c(F)c2)ccn1.O=S(=O)(O)c1ccccc1. The number of halogens is 5. The minimum atomic E-state index is -4.71. The third-order valence-electron chi connectivity index (χ3n) is 5.19. The molecule has 0 saturated carbocycles. The van der Waals surface area contributed by atoms with Crippen LogP contribution in [0, 0.1) is 5.82 Å². The number of hydrogen-bond acceptors (Lipinski definition) is 6. The van der Waals surface area contributed by atoms with Crippen molar-refractivity contribution in [3.05, 3.63) is 107 Å². The molecule has 16 heteroatoms. The molecular formula is C27H21ClF4N4O6S. The number of rotatable bonds is 6. The van der Waals surface area contributed by atoms with Gasteiger partial charge in [0.05, 0.1) is 21.2 Å². The number of amides is 3. The Hall–Kier alpha value is -4.73. The number of alkyl halides is 3. The molecule has 0 bridgehead atoms. The molecule has 3 amide bonds. The molecular weight excluding hydrogens is 620 g/mol. The molecule has 3 aromatic carbocycles. The molecule has 0 aliphatic carbocycles. The highest BCUT2D eigenvalue weighted by molar-refractivity contribution is 7.85. The number of urea groups is 1. The molecule has 1 heterocycles. The van der Waals surface area contributed by atoms with Crippen LogP contribution in [0.4, 0.5) is 33.7 Å². The third-order valence-corrected chi connectivity index (χ3v) is 6.38. The first-order valence-corrected chi connectivity index (χ1v) is 13.6. The second-order valence-electron chi connectivity index (χ2n) is 8.26. The number of carbonyl (C=O) groups excluding carboxylic acids is 2. The summed E-state index contributed by atoms with van der Waals surface area (Å²) in [5.41, 5.74) is -1.45. The fraction of sp³-hybridized carbons (Fsp3) is 0.0741. The van der Waals surface area contributed by atoms with E-state index in [1.54, 1.807) is 18.2 Å². The van der Waals surface area contributed by atoms with Crippen LogP contribution in [-0.4, -0.2) is 36.9 Å². The Balaban J connectivity index is 0.000000428. The van der Waals surface area contributed by atoms with E-state index in [1.807, 2.05) is 0 Å². The predicted molar refractivity (Wildman–Crippen MR) is 149 cm³/mol. The zero-order valence-electron chi connectivity index (χ0n) is 21.8. The van der Waals surface area contributed by atoms with Gasteiger partial charge in [0.25, 0.3) is 16.0 Å². The number of ether oxygens (including phenoxy) is 1. The molecule has 0 aliphatic heterocycles. The van der Waals surface area contributed by atoms with Gasteiger partial charge in [0.15, 0.2) is 0 Å². The van der Waals surface area contributed by atoms with Gasteiger partial charge < -0.3 is 20.7 Å². The number of hydrogen-bond donors (Lipinski definition) is 4. The van der Waals surface area contributed by atoms with Crippen molar-refractivity contribution in [3.63, 3.8) is 0 Å². The summed E-state index contributed by atoms with van der Waals surface area (Å²) in [6, 6.07) is 15.6. The van der Waals surface area contributed by atoms with E-state index >= 15 is 0 Å². The molecule has 1 aromatic heterocycles. The average molecular weight is 641 g/mol. The van der Waals surface area contributed by atoms with Crippen molar-refractivity contribution in [2.75, 3.05) is 17.7 Å². The number of nitrogens with one attached hydrogen (secondary N) is 3. The average Bonchev–Trinajstić information content (AvgIpc) is 2.95. The van der Waals surface area contributed by atoms with Crippen LogP contribution in [0.15, 0.2) is 90.0 Å². The van der Waals surface area contributed by atoms with Crippen molar-refractivity contribution < 1.29 is 44.9 Å². The van der Waals surface area contributed by atoms with Gasteiger partial charge in [-0.05, 0) is 48.5 Å². The minimum absolute atomic E-state index is 0.0695. The lowest BCUT2D eigenvalue weighted by atomic mass is 10.2. The highest BCUT2D eigenvalue weighted by atomic mass is 35.5. The number of nitrogens with zero attached hydrogens (tertiary/aromatic N) is 1. The van der Waals surface area contributed by atoms with E-state index in [1.165, 1.54) is 55.7 Å². The van der Waals surface area contributed by atoms with Gasteiger partial charge in [0, 0.05) is 31.1 Å². The molecule has 43 heavy (non-hydrogen) atoms. The molecule has 10 nitrogen and oxygen atoms in total. The first-order valence-electron chi connectivity index (χ1n) is 11.8. The van der Waals surface area contributed by atoms with Crippen LogP contribution >= 0.6 is 11.6 Å². The van der Waals surface area contributed by atoms with Crippen LogP contribution < -0.4 is 20.7 Å². The first kappa shape index (κ1) is 32.8. The Morgan fingerprint density at radius 1 is 0.930 bits per heavy atom. The topological polar surface area (TPSA) is 147 Å². The van der Waals surface area contributed by atoms with E-state index in [9.17, 15) is 35.6 Å². The van der Waals surface area contributed by atoms with Gasteiger partial charge >= 0.3 is 12.2 Å². The van der Waals surface area contributed by atoms with E-state index in [-0.39, 0.29) is 33.5 Å². The normalized spacial score (nSPS) is 11.0. The van der Waals surface area contributed by atoms with Gasteiger partial charge in [0.1, 0.15) is 23.0 Å². The largest absolute Gasteiger partial charge is 0.457 e. The predicted octanol–water partition coefficient (Wildman–Crippen LogP) is 6.62. The van der Waals surface area contributed by atoms with E-state index in [0.717, 1.165) is 12.1 Å². The molecule has 4 N–H and O–H groups in total. The summed E-state index contributed by atoms with van der Waals surface area (Å²) in [5, 5.41) is 6.27. The second-order valence-corrected chi connectivity index (χ2v) is 10.1. The summed E-state index contributed by atoms with van der Waals surface area (Å²) < 4.78 is 88.0. The van der Waals surface area contributed by atoms with Crippen molar-refractivity contribution in [2.24, 2.45) is 0 Å². The van der Waals surface area contributed by atoms with E-state index < -0.39 is 44.6 Å². The number of anilines is 2. The zero-order chi connectivity index (χ0) is 31.8. The lowest BCUT2D eigenvalue weighted by Crippen LogP contribution is -2.20. The molecule has 4 rings (SSSR count). The number of aromatic nitrogens is 1. The summed E-state index contributed by atoms with van der Waals surface area (Å²) in [7, 11) is -2.56. The second kappa shape index (κ2) is 14.0. The van der Waals surface area contributed by atoms with E-state index in [4.69, 9.17) is 20.9 Å². The Bertz CT molecular complexity index is 1720. The molecule has 0 fully saturated rings. The van der Waals surface area contributed by atoms with Gasteiger partial charge in [-0.25, -0.2) is 9.18 Å². The van der Waals surface area contributed by atoms with Crippen LogP contribution in [0.1, 0.15) is 16.1 Å². The van der Waals surface area contributed by atoms with E-state index in [0.29, 0.717) is 6.07 Å². The summed E-state index contributed by atoms with van der Waals surface area (Å²) >= 11 is 5.54. The lowest BCUT2D eigenvalue weighted by molar-refractivity contribution is -0.137. The zero-order valence-corrected chi connectivity index (χ0v) is 23.4. The van der Waals surface area contributed by atoms with Crippen molar-refractivity contribution in [2.45, 2.75) is 11.1 Å². The molecule has 0 aliphatic rings. The molecule has 0 spiro atoms. The van der Waals surface area contributed by atoms with Crippen LogP contribution in [0.5, 0.6) is 11.5 Å². The monoisotopic (exact) mass is 640 g/mol. The summed E-state index contributed by atoms with van der Waals surface area (Å²) in [4.78, 5) is 27.6. The molecule has 0 radical (unpaired) electrons. The molecule has 4 aromatic rings. The molecule has 226 valence electrons. The van der Waals surface area contributed by atoms with Gasteiger partial charge in [-0.1, -0.05) is 29.8 Å². The summed E-state index contributed by atoms with van der Waals surface area (Å²) in [5.74, 6) is -1.000. The highest BCUT2D eigenvalue weighted by Crippen LogP contribution is 2.36. The number of pyridine rings is 1. The minimum Gasteiger partial charge on any atom is -0.457 e. The van der Waals surface area contributed by atoms with Gasteiger partial charge in [0.2, 0.25) is 0 Å². The fourth-order valence-corrected chi connectivity index (χ4v) is 3.95. The van der Waals surface area contributed by atoms with Crippen LogP contribution in [0.2, 0.25) is 5.02 Å². The maximum Gasteiger partial charge on any atom is 0.417 e. The third kappa shape index (κ3) is 9.66. The molecule has 0 saturated heterocycles. The Kier molecular flexibility index (Phi) is 10.6. The Morgan fingerprint density at radius 3 is 2.19 bits per heavy atom. The van der Waals surface area contributed by atoms with Crippen molar-refractivity contribution in [1.29, 1.82) is 0 Å². The van der Waals surface area contributed by atoms with Gasteiger partial charge in [-0.3, -0.25) is 14.3 Å². The van der Waals surface area contributed by atoms with Crippen molar-refractivity contribution >= 4 is 45.0 Å². The Morgan fingerprint density at radius 2 is 1.60 bits per heavy atom. The van der Waals surface area contributed by atoms with Crippen LogP contribution in [0.25, 0.3) is 0 Å². The quantitative estimate of drug-likeness (QED) is 0.137. The van der Waals surface area contributed by atoms with Crippen molar-refractivity contribution in [1.82, 2.24) is 10.3 Å². The fourth-order valence-electron chi connectivity index (χ4n) is 3.22. The maximum atomic E-state index is 14.4. The molecule has 0 atom stereocenters. The summed E-state index contributed by atoms with van der Waals surface area (Å²) in [6.45, 7) is 0. The smallest absolute Gasteiger partial charge is 0.417 e. The first-order chi connectivity index (χ1) is 20.2. The highest BCUT2D eigenvalue weighted by Gasteiger charge is 2.33. The van der Waals surface area contributed by atoms with E-state index in [2.05, 4.69) is 20.9 Å². The number of carbonyl (C=O) groups is 2. The van der Waals surface area contributed by atoms with Crippen LogP contribution in [-0.2, 0) is 16.3 Å². The lowest BCUT2D eigenvalue weighted by Gasteiger charge is -2.13. The maximum absolute atomic E-state index is 14.4. The van der Waals surface area contributed by atoms with Crippen LogP contribution in [0.3, 0.4) is 0 Å². The molecule has 0 unspecified atom stereocenters. The van der Waals surface area contributed by atoms with Crippen molar-refractivity contribution in [3.8, 4) is 11.5 Å². The number of benzene rings is 3. The van der Waals surface area contributed by atoms with Gasteiger partial charge in [-0.2, -0.15) is 21.6 Å². The van der Waals surface area contributed by atoms with Gasteiger partial charge in [-0.15, -0.1) is 0 Å². The summed E-state index contributed by atoms with van der Waals surface area (Å²) in [6.07, 6.45) is -3.36. The Labute approximate surface area is 247 Å².